The van der Waals surface area contributed by atoms with Gasteiger partial charge in [0.05, 0.1) is 17.8 Å². The largest absolute Gasteiger partial charge is 0.350 e. The van der Waals surface area contributed by atoms with E-state index in [0.29, 0.717) is 21.2 Å². The maximum Gasteiger partial charge on any atom is 0.268 e. The molecule has 2 heterocycles. The molecule has 0 aliphatic rings. The molecule has 1 unspecified atom stereocenters. The van der Waals surface area contributed by atoms with Crippen molar-refractivity contribution in [2.75, 3.05) is 7.11 Å². The van der Waals surface area contributed by atoms with Crippen molar-refractivity contribution in [3.63, 3.8) is 0 Å². The molecule has 1 amide bonds. The Hall–Kier alpha value is -3.43. The van der Waals surface area contributed by atoms with Crippen LogP contribution in [0.3, 0.4) is 0 Å². The van der Waals surface area contributed by atoms with E-state index in [9.17, 15) is 14.6 Å². The van der Waals surface area contributed by atoms with Gasteiger partial charge in [0.15, 0.2) is 12.4 Å². The van der Waals surface area contributed by atoms with Gasteiger partial charge in [-0.05, 0) is 54.4 Å². The molecule has 1 atom stereocenters. The zero-order valence-electron chi connectivity index (χ0n) is 19.6. The molecule has 0 aliphatic carbocycles. The topological polar surface area (TPSA) is 98.9 Å². The maximum atomic E-state index is 14.6. The molecule has 0 fully saturated rings. The van der Waals surface area contributed by atoms with Crippen LogP contribution in [-0.2, 0) is 29.1 Å². The van der Waals surface area contributed by atoms with Crippen LogP contribution in [0.2, 0.25) is 5.02 Å². The lowest BCUT2D eigenvalue weighted by Crippen LogP contribution is -2.32. The van der Waals surface area contributed by atoms with E-state index >= 15 is 0 Å². The highest BCUT2D eigenvalue weighted by Gasteiger charge is 2.36. The van der Waals surface area contributed by atoms with Gasteiger partial charge in [-0.2, -0.15) is 5.26 Å². The minimum absolute atomic E-state index is 0.149. The van der Waals surface area contributed by atoms with Crippen molar-refractivity contribution in [1.82, 2.24) is 10.3 Å². The van der Waals surface area contributed by atoms with Gasteiger partial charge in [-0.25, -0.2) is 4.57 Å². The van der Waals surface area contributed by atoms with E-state index in [0.717, 1.165) is 16.7 Å². The molecule has 2 aromatic carbocycles. The van der Waals surface area contributed by atoms with E-state index in [1.54, 1.807) is 30.3 Å². The average molecular weight is 508 g/mol. The Morgan fingerprint density at radius 1 is 1.23 bits per heavy atom. The van der Waals surface area contributed by atoms with Crippen molar-refractivity contribution in [2.45, 2.75) is 19.9 Å². The summed E-state index contributed by atoms with van der Waals surface area (Å²) in [6, 6.07) is 16.4. The highest BCUT2D eigenvalue weighted by molar-refractivity contribution is 7.75. The van der Waals surface area contributed by atoms with Crippen molar-refractivity contribution >= 4 is 46.4 Å². The number of aromatic nitrogens is 2. The van der Waals surface area contributed by atoms with Crippen molar-refractivity contribution in [3.05, 3.63) is 88.3 Å². The summed E-state index contributed by atoms with van der Waals surface area (Å²) in [4.78, 5) is 16.5. The van der Waals surface area contributed by atoms with Crippen LogP contribution in [0.4, 0.5) is 0 Å². The first kappa shape index (κ1) is 24.7. The van der Waals surface area contributed by atoms with E-state index in [4.69, 9.17) is 16.1 Å². The monoisotopic (exact) mass is 507 g/mol. The lowest BCUT2D eigenvalue weighted by molar-refractivity contribution is -0.671. The quantitative estimate of drug-likeness (QED) is 0.293. The van der Waals surface area contributed by atoms with Crippen molar-refractivity contribution in [1.29, 1.82) is 5.26 Å². The summed E-state index contributed by atoms with van der Waals surface area (Å²) in [6.07, 6.45) is 3.98. The molecule has 0 spiro atoms. The number of pyridine rings is 1. The normalized spacial score (nSPS) is 12.8. The molecule has 7 nitrogen and oxygen atoms in total. The van der Waals surface area contributed by atoms with Crippen LogP contribution in [-0.4, -0.2) is 18.0 Å². The Kier molecular flexibility index (Phi) is 7.09. The van der Waals surface area contributed by atoms with Crippen LogP contribution < -0.4 is 20.5 Å². The highest BCUT2D eigenvalue weighted by Crippen LogP contribution is 2.47. The van der Waals surface area contributed by atoms with E-state index < -0.39 is 13.3 Å². The second-order valence-electron chi connectivity index (χ2n) is 8.34. The van der Waals surface area contributed by atoms with Crippen LogP contribution in [0.25, 0.3) is 10.9 Å². The number of aromatic amines is 1. The molecule has 9 heteroatoms. The van der Waals surface area contributed by atoms with Gasteiger partial charge in [0.1, 0.15) is 12.7 Å². The number of fused-ring (bicyclic) bond motifs is 1. The van der Waals surface area contributed by atoms with Crippen LogP contribution >= 0.6 is 19.0 Å². The molecule has 35 heavy (non-hydrogen) atoms. The fraction of sp³-hybridized carbons (Fsp3) is 0.192. The summed E-state index contributed by atoms with van der Waals surface area (Å²) >= 11 is 6.28. The fourth-order valence-corrected chi connectivity index (χ4v) is 6.66. The Balaban J connectivity index is 1.86. The summed E-state index contributed by atoms with van der Waals surface area (Å²) in [5.41, 5.74) is 3.24. The zero-order valence-corrected chi connectivity index (χ0v) is 21.3. The second-order valence-corrected chi connectivity index (χ2v) is 11.2. The molecular weight excluding hydrogens is 483 g/mol. The molecule has 178 valence electrons. The summed E-state index contributed by atoms with van der Waals surface area (Å²) in [5, 5.41) is 13.7. The van der Waals surface area contributed by atoms with Gasteiger partial charge >= 0.3 is 0 Å². The Morgan fingerprint density at radius 3 is 2.74 bits per heavy atom. The predicted octanol–water partition coefficient (Wildman–Crippen LogP) is 3.83. The van der Waals surface area contributed by atoms with E-state index in [1.165, 1.54) is 7.11 Å². The number of aryl methyl sites for hydroxylation is 2. The van der Waals surface area contributed by atoms with Crippen LogP contribution in [0.1, 0.15) is 27.2 Å². The molecule has 2 aromatic heterocycles. The lowest BCUT2D eigenvalue weighted by atomic mass is 10.1. The van der Waals surface area contributed by atoms with E-state index in [1.807, 2.05) is 49.1 Å². The SMILES string of the molecule is COP(=O)(c1cc(C)cc(CC#N)c1)c1c(C(=O)NCc2ccc[n+](C)c2)[nH]c2ccc(Cl)cc12. The number of carbonyl (C=O) groups is 1. The minimum atomic E-state index is -3.76. The summed E-state index contributed by atoms with van der Waals surface area (Å²) in [5.74, 6) is -0.416. The third-order valence-electron chi connectivity index (χ3n) is 5.71. The number of carbonyl (C=O) groups excluding carboxylic acids is 1. The summed E-state index contributed by atoms with van der Waals surface area (Å²) < 4.78 is 22.2. The number of nitrogens with one attached hydrogen (secondary N) is 2. The first-order chi connectivity index (χ1) is 16.7. The third-order valence-corrected chi connectivity index (χ3v) is 8.45. The first-order valence-corrected chi connectivity index (χ1v) is 12.9. The summed E-state index contributed by atoms with van der Waals surface area (Å²) in [7, 11) is -0.491. The number of amides is 1. The maximum absolute atomic E-state index is 14.6. The fourth-order valence-electron chi connectivity index (χ4n) is 4.18. The lowest BCUT2D eigenvalue weighted by Gasteiger charge is -2.19. The first-order valence-electron chi connectivity index (χ1n) is 10.9. The Morgan fingerprint density at radius 2 is 2.03 bits per heavy atom. The van der Waals surface area contributed by atoms with Crippen molar-refractivity contribution in [3.8, 4) is 6.07 Å². The average Bonchev–Trinajstić information content (AvgIpc) is 3.21. The smallest absolute Gasteiger partial charge is 0.268 e. The number of hydrogen-bond acceptors (Lipinski definition) is 4. The number of nitrogens with zero attached hydrogens (tertiary/aromatic N) is 2. The van der Waals surface area contributed by atoms with Gasteiger partial charge in [0.25, 0.3) is 13.3 Å². The zero-order chi connectivity index (χ0) is 25.2. The molecular formula is C26H25ClN4O3P+. The molecule has 0 saturated carbocycles. The van der Waals surface area contributed by atoms with Crippen molar-refractivity contribution in [2.24, 2.45) is 7.05 Å². The van der Waals surface area contributed by atoms with Gasteiger partial charge in [-0.15, -0.1) is 0 Å². The summed E-state index contributed by atoms with van der Waals surface area (Å²) in [6.45, 7) is 2.15. The number of rotatable bonds is 7. The highest BCUT2D eigenvalue weighted by atomic mass is 35.5. The van der Waals surface area contributed by atoms with Crippen LogP contribution in [0.5, 0.6) is 0 Å². The minimum Gasteiger partial charge on any atom is -0.350 e. The van der Waals surface area contributed by atoms with Crippen molar-refractivity contribution < 1.29 is 18.5 Å². The molecule has 2 N–H and O–H groups in total. The second kappa shape index (κ2) is 10.1. The molecule has 0 saturated heterocycles. The number of hydrogen-bond donors (Lipinski definition) is 2. The number of benzene rings is 2. The van der Waals surface area contributed by atoms with E-state index in [2.05, 4.69) is 16.4 Å². The number of H-pyrrole nitrogens is 1. The molecule has 0 aliphatic heterocycles. The Labute approximate surface area is 208 Å². The molecule has 4 aromatic rings. The van der Waals surface area contributed by atoms with E-state index in [-0.39, 0.29) is 24.0 Å². The molecule has 0 bridgehead atoms. The Bertz CT molecular complexity index is 1520. The van der Waals surface area contributed by atoms with Crippen LogP contribution in [0, 0.1) is 18.3 Å². The number of halogens is 1. The van der Waals surface area contributed by atoms with Gasteiger partial charge in [0, 0.05) is 46.5 Å². The predicted molar refractivity (Wildman–Crippen MR) is 136 cm³/mol. The molecule has 0 radical (unpaired) electrons. The third kappa shape index (κ3) is 5.01. The standard InChI is InChI=1S/C26H24ClN4O3P/c1-17-11-18(8-9-28)13-21(12-17)35(33,34-3)25-22-14-20(27)6-7-23(22)30-24(25)26(32)29-15-19-5-4-10-31(2)16-19/h4-7,10-14,16H,8,15H2,1-3H3,(H-,29,30,32,33)/p+1. The van der Waals surface area contributed by atoms with Crippen LogP contribution in [0.15, 0.2) is 60.9 Å². The van der Waals surface area contributed by atoms with Gasteiger partial charge < -0.3 is 14.8 Å². The number of nitriles is 1. The van der Waals surface area contributed by atoms with Gasteiger partial charge in [-0.1, -0.05) is 17.7 Å². The van der Waals surface area contributed by atoms with Gasteiger partial charge in [0.2, 0.25) is 0 Å². The molecule has 4 rings (SSSR count). The van der Waals surface area contributed by atoms with Gasteiger partial charge in [-0.3, -0.25) is 9.36 Å².